The van der Waals surface area contributed by atoms with Crippen LogP contribution in [0, 0.1) is 17.8 Å². The van der Waals surface area contributed by atoms with Gasteiger partial charge < -0.3 is 5.73 Å². The minimum Gasteiger partial charge on any atom is -0.326 e. The SMILES string of the molecule is CC(NS(=O)(=O)c1ccc(CN)cn1)C1CC2CCC1C2. The van der Waals surface area contributed by atoms with Crippen LogP contribution in [0.5, 0.6) is 0 Å². The van der Waals surface area contributed by atoms with Gasteiger partial charge in [0.15, 0.2) is 5.03 Å². The van der Waals surface area contributed by atoms with Gasteiger partial charge in [-0.1, -0.05) is 12.5 Å². The lowest BCUT2D eigenvalue weighted by Gasteiger charge is -2.28. The Bertz CT molecular complexity index is 600. The van der Waals surface area contributed by atoms with E-state index in [1.165, 1.54) is 31.5 Å². The summed E-state index contributed by atoms with van der Waals surface area (Å²) in [5.74, 6) is 1.98. The third-order valence-corrected chi connectivity index (χ3v) is 6.56. The summed E-state index contributed by atoms with van der Waals surface area (Å²) in [7, 11) is -3.54. The van der Waals surface area contributed by atoms with Gasteiger partial charge in [0.2, 0.25) is 0 Å². The van der Waals surface area contributed by atoms with Gasteiger partial charge in [0.25, 0.3) is 10.0 Å². The number of hydrogen-bond acceptors (Lipinski definition) is 4. The second-order valence-electron chi connectivity index (χ2n) is 6.46. The highest BCUT2D eigenvalue weighted by molar-refractivity contribution is 7.89. The lowest BCUT2D eigenvalue weighted by atomic mass is 9.84. The van der Waals surface area contributed by atoms with Crippen LogP contribution in [0.2, 0.25) is 0 Å². The van der Waals surface area contributed by atoms with E-state index in [0.717, 1.165) is 17.9 Å². The molecule has 0 amide bonds. The van der Waals surface area contributed by atoms with Gasteiger partial charge in [-0.25, -0.2) is 18.1 Å². The molecule has 0 spiro atoms. The number of hydrogen-bond donors (Lipinski definition) is 2. The van der Waals surface area contributed by atoms with E-state index in [1.807, 2.05) is 6.92 Å². The van der Waals surface area contributed by atoms with E-state index in [-0.39, 0.29) is 11.1 Å². The van der Waals surface area contributed by atoms with Gasteiger partial charge in [0.05, 0.1) is 0 Å². The van der Waals surface area contributed by atoms with Gasteiger partial charge >= 0.3 is 0 Å². The first kappa shape index (κ1) is 14.9. The summed E-state index contributed by atoms with van der Waals surface area (Å²) in [5, 5.41) is 0.0784. The summed E-state index contributed by atoms with van der Waals surface area (Å²) in [5.41, 5.74) is 6.33. The summed E-state index contributed by atoms with van der Waals surface area (Å²) >= 11 is 0. The molecule has 2 fully saturated rings. The first-order valence-corrected chi connectivity index (χ1v) is 9.15. The third-order valence-electron chi connectivity index (χ3n) is 5.08. The van der Waals surface area contributed by atoms with Crippen LogP contribution in [0.4, 0.5) is 0 Å². The predicted molar refractivity (Wildman–Crippen MR) is 80.8 cm³/mol. The second-order valence-corrected chi connectivity index (χ2v) is 8.12. The molecule has 0 saturated heterocycles. The Labute approximate surface area is 126 Å². The molecular weight excluding hydrogens is 286 g/mol. The topological polar surface area (TPSA) is 85.1 Å². The van der Waals surface area contributed by atoms with E-state index in [9.17, 15) is 8.42 Å². The average Bonchev–Trinajstić information content (AvgIpc) is 3.09. The van der Waals surface area contributed by atoms with Gasteiger partial charge in [0.1, 0.15) is 0 Å². The molecule has 0 aliphatic heterocycles. The summed E-state index contributed by atoms with van der Waals surface area (Å²) in [4.78, 5) is 4.02. The molecular formula is C15H23N3O2S. The van der Waals surface area contributed by atoms with Crippen LogP contribution in [0.25, 0.3) is 0 Å². The molecule has 0 aromatic carbocycles. The van der Waals surface area contributed by atoms with Gasteiger partial charge in [-0.3, -0.25) is 0 Å². The van der Waals surface area contributed by atoms with Crippen molar-refractivity contribution in [2.24, 2.45) is 23.5 Å². The molecule has 3 rings (SSSR count). The van der Waals surface area contributed by atoms with Crippen LogP contribution in [-0.4, -0.2) is 19.4 Å². The van der Waals surface area contributed by atoms with E-state index >= 15 is 0 Å². The van der Waals surface area contributed by atoms with E-state index in [4.69, 9.17) is 5.73 Å². The normalized spacial score (nSPS) is 29.7. The van der Waals surface area contributed by atoms with Crippen LogP contribution < -0.4 is 10.5 Å². The fourth-order valence-corrected chi connectivity index (χ4v) is 5.21. The number of pyridine rings is 1. The zero-order chi connectivity index (χ0) is 15.0. The molecule has 2 bridgehead atoms. The van der Waals surface area contributed by atoms with Crippen molar-refractivity contribution in [2.45, 2.75) is 50.2 Å². The highest BCUT2D eigenvalue weighted by Gasteiger charge is 2.42. The summed E-state index contributed by atoms with van der Waals surface area (Å²) in [6.45, 7) is 2.35. The van der Waals surface area contributed by atoms with E-state index in [1.54, 1.807) is 6.07 Å². The summed E-state index contributed by atoms with van der Waals surface area (Å²) in [6.07, 6.45) is 6.54. The maximum Gasteiger partial charge on any atom is 0.258 e. The quantitative estimate of drug-likeness (QED) is 0.866. The Kier molecular flexibility index (Phi) is 4.03. The summed E-state index contributed by atoms with van der Waals surface area (Å²) in [6, 6.07) is 3.21. The Balaban J connectivity index is 1.70. The molecule has 116 valence electrons. The minimum absolute atomic E-state index is 0.0266. The zero-order valence-corrected chi connectivity index (χ0v) is 13.1. The van der Waals surface area contributed by atoms with Gasteiger partial charge in [-0.05, 0) is 55.6 Å². The van der Waals surface area contributed by atoms with Crippen molar-refractivity contribution >= 4 is 10.0 Å². The Morgan fingerprint density at radius 1 is 1.38 bits per heavy atom. The largest absolute Gasteiger partial charge is 0.326 e. The van der Waals surface area contributed by atoms with Gasteiger partial charge in [0, 0.05) is 18.8 Å². The van der Waals surface area contributed by atoms with Crippen molar-refractivity contribution in [1.82, 2.24) is 9.71 Å². The van der Waals surface area contributed by atoms with Crippen LogP contribution >= 0.6 is 0 Å². The standard InChI is InChI=1S/C15H23N3O2S/c1-10(14-7-11-2-4-13(14)6-11)18-21(19,20)15-5-3-12(8-16)9-17-15/h3,5,9-11,13-14,18H,2,4,6-8,16H2,1H3. The molecule has 1 heterocycles. The highest BCUT2D eigenvalue weighted by Crippen LogP contribution is 2.49. The minimum atomic E-state index is -3.54. The average molecular weight is 309 g/mol. The smallest absolute Gasteiger partial charge is 0.258 e. The van der Waals surface area contributed by atoms with E-state index in [0.29, 0.717) is 18.4 Å². The lowest BCUT2D eigenvalue weighted by Crippen LogP contribution is -2.40. The van der Waals surface area contributed by atoms with Gasteiger partial charge in [-0.2, -0.15) is 0 Å². The fourth-order valence-electron chi connectivity index (χ4n) is 3.99. The third kappa shape index (κ3) is 2.98. The van der Waals surface area contributed by atoms with Crippen molar-refractivity contribution in [3.05, 3.63) is 23.9 Å². The predicted octanol–water partition coefficient (Wildman–Crippen LogP) is 1.64. The Morgan fingerprint density at radius 2 is 2.19 bits per heavy atom. The molecule has 2 aliphatic carbocycles. The van der Waals surface area contributed by atoms with Crippen molar-refractivity contribution in [1.29, 1.82) is 0 Å². The van der Waals surface area contributed by atoms with Crippen LogP contribution in [0.15, 0.2) is 23.4 Å². The number of nitrogens with one attached hydrogen (secondary N) is 1. The molecule has 0 radical (unpaired) electrons. The first-order chi connectivity index (χ1) is 9.99. The highest BCUT2D eigenvalue weighted by atomic mass is 32.2. The van der Waals surface area contributed by atoms with Crippen LogP contribution in [0.1, 0.15) is 38.2 Å². The lowest BCUT2D eigenvalue weighted by molar-refractivity contribution is 0.280. The molecule has 4 unspecified atom stereocenters. The molecule has 3 N–H and O–H groups in total. The molecule has 4 atom stereocenters. The fraction of sp³-hybridized carbons (Fsp3) is 0.667. The van der Waals surface area contributed by atoms with Gasteiger partial charge in [-0.15, -0.1) is 0 Å². The van der Waals surface area contributed by atoms with Crippen molar-refractivity contribution < 1.29 is 8.42 Å². The first-order valence-electron chi connectivity index (χ1n) is 7.67. The number of aromatic nitrogens is 1. The molecule has 2 aliphatic rings. The Hall–Kier alpha value is -0.980. The van der Waals surface area contributed by atoms with E-state index < -0.39 is 10.0 Å². The van der Waals surface area contributed by atoms with Crippen LogP contribution in [0.3, 0.4) is 0 Å². The molecule has 1 aromatic rings. The van der Waals surface area contributed by atoms with E-state index in [2.05, 4.69) is 9.71 Å². The molecule has 21 heavy (non-hydrogen) atoms. The molecule has 5 nitrogen and oxygen atoms in total. The summed E-state index contributed by atoms with van der Waals surface area (Å²) < 4.78 is 27.6. The number of nitrogens with two attached hydrogens (primary N) is 1. The van der Waals surface area contributed by atoms with Crippen molar-refractivity contribution in [3.63, 3.8) is 0 Å². The number of rotatable bonds is 5. The number of fused-ring (bicyclic) bond motifs is 2. The second kappa shape index (κ2) is 5.66. The van der Waals surface area contributed by atoms with Crippen molar-refractivity contribution in [2.75, 3.05) is 0 Å². The molecule has 2 saturated carbocycles. The zero-order valence-electron chi connectivity index (χ0n) is 12.3. The monoisotopic (exact) mass is 309 g/mol. The molecule has 1 aromatic heterocycles. The van der Waals surface area contributed by atoms with Crippen molar-refractivity contribution in [3.8, 4) is 0 Å². The number of nitrogens with zero attached hydrogens (tertiary/aromatic N) is 1. The number of sulfonamides is 1. The Morgan fingerprint density at radius 3 is 2.71 bits per heavy atom. The van der Waals surface area contributed by atoms with Crippen LogP contribution in [-0.2, 0) is 16.6 Å². The maximum atomic E-state index is 12.4. The molecule has 6 heteroatoms. The maximum absolute atomic E-state index is 12.4.